The van der Waals surface area contributed by atoms with Crippen LogP contribution in [0.4, 0.5) is 4.39 Å². The molecule has 1 saturated heterocycles. The second kappa shape index (κ2) is 11.9. The van der Waals surface area contributed by atoms with Crippen LogP contribution in [-0.4, -0.2) is 56.8 Å². The summed E-state index contributed by atoms with van der Waals surface area (Å²) < 4.78 is 19.1. The third kappa shape index (κ3) is 7.30. The molecule has 1 aliphatic rings. The quantitative estimate of drug-likeness (QED) is 0.402. The van der Waals surface area contributed by atoms with Gasteiger partial charge in [0.1, 0.15) is 5.82 Å². The lowest BCUT2D eigenvalue weighted by molar-refractivity contribution is 0.152. The highest BCUT2D eigenvalue weighted by molar-refractivity contribution is 5.79. The first-order chi connectivity index (χ1) is 12.7. The van der Waals surface area contributed by atoms with Crippen LogP contribution in [0.15, 0.2) is 29.3 Å². The maximum absolute atomic E-state index is 13.8. The van der Waals surface area contributed by atoms with Gasteiger partial charge in [0, 0.05) is 38.3 Å². The Labute approximate surface area is 157 Å². The SMILES string of the molecule is CCNC(=NCC1CCN(Cc2ccccc2F)CC1)NCCOCC. The minimum Gasteiger partial charge on any atom is -0.380 e. The molecule has 0 saturated carbocycles. The molecule has 6 heteroatoms. The molecule has 2 rings (SSSR count). The number of aliphatic imine (C=N–C) groups is 1. The van der Waals surface area contributed by atoms with Gasteiger partial charge in [0.15, 0.2) is 5.96 Å². The molecule has 1 aromatic carbocycles. The average Bonchev–Trinajstić information content (AvgIpc) is 2.66. The molecule has 0 radical (unpaired) electrons. The van der Waals surface area contributed by atoms with Gasteiger partial charge in [-0.05, 0) is 51.8 Å². The van der Waals surface area contributed by atoms with Crippen molar-refractivity contribution in [2.24, 2.45) is 10.9 Å². The normalized spacial score (nSPS) is 16.7. The third-order valence-electron chi connectivity index (χ3n) is 4.65. The Balaban J connectivity index is 1.73. The predicted molar refractivity (Wildman–Crippen MR) is 105 cm³/mol. The molecule has 1 aromatic rings. The number of nitrogens with one attached hydrogen (secondary N) is 2. The highest BCUT2D eigenvalue weighted by atomic mass is 19.1. The molecule has 1 fully saturated rings. The van der Waals surface area contributed by atoms with Crippen molar-refractivity contribution in [2.45, 2.75) is 33.2 Å². The minimum absolute atomic E-state index is 0.104. The molecule has 0 amide bonds. The highest BCUT2D eigenvalue weighted by Gasteiger charge is 2.19. The Morgan fingerprint density at radius 1 is 1.23 bits per heavy atom. The molecule has 0 aliphatic carbocycles. The van der Waals surface area contributed by atoms with Crippen LogP contribution < -0.4 is 10.6 Å². The molecule has 146 valence electrons. The zero-order valence-electron chi connectivity index (χ0n) is 16.1. The van der Waals surface area contributed by atoms with E-state index in [1.807, 2.05) is 19.1 Å². The van der Waals surface area contributed by atoms with E-state index in [2.05, 4.69) is 22.5 Å². The maximum Gasteiger partial charge on any atom is 0.191 e. The molecule has 0 spiro atoms. The summed E-state index contributed by atoms with van der Waals surface area (Å²) in [6, 6.07) is 7.06. The van der Waals surface area contributed by atoms with Crippen molar-refractivity contribution in [3.63, 3.8) is 0 Å². The molecule has 0 atom stereocenters. The summed E-state index contributed by atoms with van der Waals surface area (Å²) >= 11 is 0. The van der Waals surface area contributed by atoms with Gasteiger partial charge in [-0.15, -0.1) is 0 Å². The van der Waals surface area contributed by atoms with Gasteiger partial charge in [-0.3, -0.25) is 9.89 Å². The molecule has 5 nitrogen and oxygen atoms in total. The maximum atomic E-state index is 13.8. The number of halogens is 1. The van der Waals surface area contributed by atoms with Crippen LogP contribution >= 0.6 is 0 Å². The first kappa shape index (κ1) is 20.6. The number of guanidine groups is 1. The summed E-state index contributed by atoms with van der Waals surface area (Å²) in [6.07, 6.45) is 2.21. The van der Waals surface area contributed by atoms with Gasteiger partial charge >= 0.3 is 0 Å². The second-order valence-corrected chi connectivity index (χ2v) is 6.65. The number of nitrogens with zero attached hydrogens (tertiary/aromatic N) is 2. The number of likely N-dealkylation sites (tertiary alicyclic amines) is 1. The molecule has 2 N–H and O–H groups in total. The van der Waals surface area contributed by atoms with E-state index in [0.29, 0.717) is 19.1 Å². The third-order valence-corrected chi connectivity index (χ3v) is 4.65. The van der Waals surface area contributed by atoms with Crippen LogP contribution in [0.5, 0.6) is 0 Å². The van der Waals surface area contributed by atoms with Gasteiger partial charge in [0.2, 0.25) is 0 Å². The number of piperidine rings is 1. The fourth-order valence-corrected chi connectivity index (χ4v) is 3.14. The summed E-state index contributed by atoms with van der Waals surface area (Å²) in [5.74, 6) is 1.35. The van der Waals surface area contributed by atoms with E-state index in [4.69, 9.17) is 9.73 Å². The topological polar surface area (TPSA) is 48.9 Å². The van der Waals surface area contributed by atoms with Crippen molar-refractivity contribution >= 4 is 5.96 Å². The van der Waals surface area contributed by atoms with Crippen LogP contribution in [0.2, 0.25) is 0 Å². The molecule has 1 heterocycles. The zero-order chi connectivity index (χ0) is 18.6. The molecule has 1 aliphatic heterocycles. The van der Waals surface area contributed by atoms with Crippen LogP contribution in [0.25, 0.3) is 0 Å². The zero-order valence-corrected chi connectivity index (χ0v) is 16.1. The van der Waals surface area contributed by atoms with Gasteiger partial charge in [-0.2, -0.15) is 0 Å². The Kier molecular flexibility index (Phi) is 9.42. The molecular weight excluding hydrogens is 331 g/mol. The largest absolute Gasteiger partial charge is 0.380 e. The van der Waals surface area contributed by atoms with Gasteiger partial charge in [-0.1, -0.05) is 18.2 Å². The van der Waals surface area contributed by atoms with Crippen molar-refractivity contribution in [1.29, 1.82) is 0 Å². The lowest BCUT2D eigenvalue weighted by atomic mass is 9.96. The van der Waals surface area contributed by atoms with Crippen molar-refractivity contribution in [1.82, 2.24) is 15.5 Å². The van der Waals surface area contributed by atoms with Crippen molar-refractivity contribution in [3.8, 4) is 0 Å². The Hall–Kier alpha value is -1.66. The number of ether oxygens (including phenoxy) is 1. The fourth-order valence-electron chi connectivity index (χ4n) is 3.14. The van der Waals surface area contributed by atoms with Crippen molar-refractivity contribution in [2.75, 3.05) is 45.9 Å². The van der Waals surface area contributed by atoms with E-state index in [-0.39, 0.29) is 5.82 Å². The summed E-state index contributed by atoms with van der Waals surface area (Å²) in [5.41, 5.74) is 0.789. The predicted octanol–water partition coefficient (Wildman–Crippen LogP) is 2.63. The van der Waals surface area contributed by atoms with Crippen molar-refractivity contribution in [3.05, 3.63) is 35.6 Å². The Bertz CT molecular complexity index is 544. The minimum atomic E-state index is -0.104. The summed E-state index contributed by atoms with van der Waals surface area (Å²) in [4.78, 5) is 7.06. The second-order valence-electron chi connectivity index (χ2n) is 6.65. The first-order valence-corrected chi connectivity index (χ1v) is 9.78. The number of benzene rings is 1. The van der Waals surface area contributed by atoms with E-state index in [1.54, 1.807) is 6.07 Å². The smallest absolute Gasteiger partial charge is 0.191 e. The van der Waals surface area contributed by atoms with Gasteiger partial charge in [0.25, 0.3) is 0 Å². The molecule has 0 unspecified atom stereocenters. The van der Waals surface area contributed by atoms with E-state index in [1.165, 1.54) is 6.07 Å². The van der Waals surface area contributed by atoms with E-state index in [0.717, 1.165) is 63.7 Å². The van der Waals surface area contributed by atoms with E-state index >= 15 is 0 Å². The molecular formula is C20H33FN4O. The lowest BCUT2D eigenvalue weighted by Crippen LogP contribution is -2.40. The van der Waals surface area contributed by atoms with Gasteiger partial charge in [0.05, 0.1) is 6.61 Å². The fraction of sp³-hybridized carbons (Fsp3) is 0.650. The number of hydrogen-bond acceptors (Lipinski definition) is 3. The first-order valence-electron chi connectivity index (χ1n) is 9.78. The monoisotopic (exact) mass is 364 g/mol. The standard InChI is InChI=1S/C20H33FN4O/c1-3-22-20(23-11-14-26-4-2)24-15-17-9-12-25(13-10-17)16-18-7-5-6-8-19(18)21/h5-8,17H,3-4,9-16H2,1-2H3,(H2,22,23,24). The van der Waals surface area contributed by atoms with Gasteiger partial charge < -0.3 is 15.4 Å². The average molecular weight is 365 g/mol. The van der Waals surface area contributed by atoms with E-state index < -0.39 is 0 Å². The summed E-state index contributed by atoms with van der Waals surface area (Å²) in [5, 5.41) is 6.58. The number of hydrogen-bond donors (Lipinski definition) is 2. The van der Waals surface area contributed by atoms with Crippen LogP contribution in [0.3, 0.4) is 0 Å². The van der Waals surface area contributed by atoms with Gasteiger partial charge in [-0.25, -0.2) is 4.39 Å². The van der Waals surface area contributed by atoms with Crippen LogP contribution in [0, 0.1) is 11.7 Å². The van der Waals surface area contributed by atoms with Crippen molar-refractivity contribution < 1.29 is 9.13 Å². The molecule has 26 heavy (non-hydrogen) atoms. The Morgan fingerprint density at radius 3 is 2.69 bits per heavy atom. The molecule has 0 bridgehead atoms. The van der Waals surface area contributed by atoms with Crippen LogP contribution in [-0.2, 0) is 11.3 Å². The summed E-state index contributed by atoms with van der Waals surface area (Å²) in [7, 11) is 0. The number of rotatable bonds is 9. The lowest BCUT2D eigenvalue weighted by Gasteiger charge is -2.31. The summed E-state index contributed by atoms with van der Waals surface area (Å²) in [6.45, 7) is 10.6. The Morgan fingerprint density at radius 2 is 2.00 bits per heavy atom. The molecule has 0 aromatic heterocycles. The van der Waals surface area contributed by atoms with E-state index in [9.17, 15) is 4.39 Å². The highest BCUT2D eigenvalue weighted by Crippen LogP contribution is 2.20. The van der Waals surface area contributed by atoms with Crippen LogP contribution in [0.1, 0.15) is 32.3 Å².